The maximum Gasteiger partial charge on any atom is 0.238 e. The zero-order valence-corrected chi connectivity index (χ0v) is 18.5. The van der Waals surface area contributed by atoms with Crippen LogP contribution in [-0.4, -0.2) is 53.9 Å². The molecular formula is C23H29N3O3S. The van der Waals surface area contributed by atoms with Crippen molar-refractivity contribution in [3.8, 4) is 0 Å². The first kappa shape index (κ1) is 22.1. The summed E-state index contributed by atoms with van der Waals surface area (Å²) in [6.07, 6.45) is 3.81. The van der Waals surface area contributed by atoms with Crippen LogP contribution < -0.4 is 0 Å². The lowest BCUT2D eigenvalue weighted by Gasteiger charge is -2.28. The minimum atomic E-state index is -3.47. The van der Waals surface area contributed by atoms with Crippen LogP contribution >= 0.6 is 0 Å². The molecule has 3 aromatic rings. The fraction of sp³-hybridized carbons (Fsp3) is 0.348. The highest BCUT2D eigenvalue weighted by molar-refractivity contribution is 7.88. The molecule has 0 saturated heterocycles. The van der Waals surface area contributed by atoms with Gasteiger partial charge in [0, 0.05) is 36.2 Å². The quantitative estimate of drug-likeness (QED) is 0.569. The Kier molecular flexibility index (Phi) is 6.95. The normalized spacial score (nSPS) is 12.0. The van der Waals surface area contributed by atoms with Gasteiger partial charge in [-0.1, -0.05) is 48.5 Å². The molecule has 160 valence electrons. The smallest absolute Gasteiger partial charge is 0.238 e. The van der Waals surface area contributed by atoms with Crippen molar-refractivity contribution >= 4 is 26.8 Å². The Morgan fingerprint density at radius 1 is 1.03 bits per heavy atom. The second-order valence-electron chi connectivity index (χ2n) is 7.81. The third kappa shape index (κ3) is 5.49. The number of fused-ring (bicyclic) bond motifs is 1. The molecule has 0 unspecified atom stereocenters. The monoisotopic (exact) mass is 427 g/mol. The number of hydrogen-bond donors (Lipinski definition) is 1. The van der Waals surface area contributed by atoms with Crippen molar-refractivity contribution in [1.82, 2.24) is 14.2 Å². The first-order chi connectivity index (χ1) is 14.3. The molecule has 1 heterocycles. The highest BCUT2D eigenvalue weighted by Crippen LogP contribution is 2.19. The molecule has 30 heavy (non-hydrogen) atoms. The highest BCUT2D eigenvalue weighted by Gasteiger charge is 2.26. The van der Waals surface area contributed by atoms with Crippen molar-refractivity contribution in [2.45, 2.75) is 32.9 Å². The Morgan fingerprint density at radius 2 is 1.70 bits per heavy atom. The molecule has 3 rings (SSSR count). The van der Waals surface area contributed by atoms with Gasteiger partial charge in [-0.2, -0.15) is 4.31 Å². The first-order valence-electron chi connectivity index (χ1n) is 10.1. The van der Waals surface area contributed by atoms with E-state index in [2.05, 4.69) is 11.1 Å². The molecule has 0 aliphatic heterocycles. The summed E-state index contributed by atoms with van der Waals surface area (Å²) >= 11 is 0. The maximum absolute atomic E-state index is 13.1. The molecule has 0 saturated carbocycles. The van der Waals surface area contributed by atoms with Crippen molar-refractivity contribution in [1.29, 1.82) is 0 Å². The molecule has 1 amide bonds. The van der Waals surface area contributed by atoms with Gasteiger partial charge in [-0.25, -0.2) is 8.42 Å². The van der Waals surface area contributed by atoms with E-state index in [0.29, 0.717) is 19.5 Å². The molecule has 6 nitrogen and oxygen atoms in total. The molecule has 0 spiro atoms. The number of H-pyrrole nitrogens is 1. The zero-order valence-electron chi connectivity index (χ0n) is 17.7. The Labute approximate surface area is 178 Å². The van der Waals surface area contributed by atoms with Gasteiger partial charge >= 0.3 is 0 Å². The van der Waals surface area contributed by atoms with Crippen LogP contribution in [0.4, 0.5) is 0 Å². The van der Waals surface area contributed by atoms with E-state index in [0.717, 1.165) is 28.3 Å². The summed E-state index contributed by atoms with van der Waals surface area (Å²) in [4.78, 5) is 18.2. The van der Waals surface area contributed by atoms with Crippen molar-refractivity contribution in [3.05, 3.63) is 71.9 Å². The summed E-state index contributed by atoms with van der Waals surface area (Å²) in [5.74, 6) is -0.196. The fourth-order valence-corrected chi connectivity index (χ4v) is 4.72. The number of carbonyl (C=O) groups excluding carboxylic acids is 1. The average molecular weight is 428 g/mol. The van der Waals surface area contributed by atoms with Gasteiger partial charge < -0.3 is 9.88 Å². The number of aromatic amines is 1. The van der Waals surface area contributed by atoms with E-state index in [9.17, 15) is 13.2 Å². The number of amides is 1. The van der Waals surface area contributed by atoms with Gasteiger partial charge in [-0.15, -0.1) is 0 Å². The molecular weight excluding hydrogens is 398 g/mol. The van der Waals surface area contributed by atoms with E-state index in [1.165, 1.54) is 4.31 Å². The molecule has 0 atom stereocenters. The van der Waals surface area contributed by atoms with Gasteiger partial charge in [0.2, 0.25) is 15.9 Å². The van der Waals surface area contributed by atoms with Crippen molar-refractivity contribution in [3.63, 3.8) is 0 Å². The summed E-state index contributed by atoms with van der Waals surface area (Å²) in [6.45, 7) is 4.35. The summed E-state index contributed by atoms with van der Waals surface area (Å²) in [6, 6.07) is 17.6. The van der Waals surface area contributed by atoms with Gasteiger partial charge in [0.1, 0.15) is 0 Å². The Morgan fingerprint density at radius 3 is 2.37 bits per heavy atom. The lowest BCUT2D eigenvalue weighted by molar-refractivity contribution is -0.132. The van der Waals surface area contributed by atoms with Crippen LogP contribution in [0.3, 0.4) is 0 Å². The summed E-state index contributed by atoms with van der Waals surface area (Å²) in [5.41, 5.74) is 3.22. The van der Waals surface area contributed by atoms with Crippen molar-refractivity contribution < 1.29 is 13.2 Å². The largest absolute Gasteiger partial charge is 0.361 e. The topological polar surface area (TPSA) is 73.5 Å². The molecule has 1 N–H and O–H groups in total. The third-order valence-electron chi connectivity index (χ3n) is 5.19. The van der Waals surface area contributed by atoms with Crippen LogP contribution in [0.5, 0.6) is 0 Å². The molecule has 0 radical (unpaired) electrons. The molecule has 0 bridgehead atoms. The lowest BCUT2D eigenvalue weighted by Crippen LogP contribution is -2.45. The first-order valence-corrected chi connectivity index (χ1v) is 11.9. The van der Waals surface area contributed by atoms with Crippen LogP contribution in [0.25, 0.3) is 10.9 Å². The maximum atomic E-state index is 13.1. The summed E-state index contributed by atoms with van der Waals surface area (Å²) in [5, 5.41) is 1.14. The van der Waals surface area contributed by atoms with E-state index in [1.807, 2.05) is 54.7 Å². The molecule has 2 aromatic carbocycles. The van der Waals surface area contributed by atoms with Crippen LogP contribution in [0, 0.1) is 0 Å². The van der Waals surface area contributed by atoms with Crippen molar-refractivity contribution in [2.24, 2.45) is 0 Å². The van der Waals surface area contributed by atoms with Gasteiger partial charge in [0.05, 0.1) is 12.8 Å². The minimum absolute atomic E-state index is 0.156. The standard InChI is InChI=1S/C23H29N3O3S/c1-18(2)26(30(3,28)29)17-23(27)25(16-19-9-5-4-6-10-19)14-13-20-15-24-22-12-8-7-11-21(20)22/h4-12,15,18,24H,13-14,16-17H2,1-3H3. The van der Waals surface area contributed by atoms with Gasteiger partial charge in [0.15, 0.2) is 0 Å². The predicted molar refractivity (Wildman–Crippen MR) is 121 cm³/mol. The highest BCUT2D eigenvalue weighted by atomic mass is 32.2. The number of sulfonamides is 1. The lowest BCUT2D eigenvalue weighted by atomic mass is 10.1. The summed E-state index contributed by atoms with van der Waals surface area (Å²) in [7, 11) is -3.47. The number of hydrogen-bond acceptors (Lipinski definition) is 3. The Balaban J connectivity index is 1.80. The fourth-order valence-electron chi connectivity index (χ4n) is 3.61. The molecule has 0 aliphatic carbocycles. The minimum Gasteiger partial charge on any atom is -0.361 e. The van der Waals surface area contributed by atoms with E-state index in [1.54, 1.807) is 18.7 Å². The van der Waals surface area contributed by atoms with Gasteiger partial charge in [0.25, 0.3) is 0 Å². The van der Waals surface area contributed by atoms with Crippen LogP contribution in [0.2, 0.25) is 0 Å². The Hall–Kier alpha value is -2.64. The molecule has 7 heteroatoms. The van der Waals surface area contributed by atoms with E-state index >= 15 is 0 Å². The van der Waals surface area contributed by atoms with Gasteiger partial charge in [-0.05, 0) is 37.5 Å². The third-order valence-corrected chi connectivity index (χ3v) is 6.59. The number of aromatic nitrogens is 1. The van der Waals surface area contributed by atoms with Crippen LogP contribution in [-0.2, 0) is 27.8 Å². The van der Waals surface area contributed by atoms with E-state index < -0.39 is 10.0 Å². The SMILES string of the molecule is CC(C)N(CC(=O)N(CCc1c[nH]c2ccccc12)Cc1ccccc1)S(C)(=O)=O. The number of benzene rings is 2. The second kappa shape index (κ2) is 9.45. The average Bonchev–Trinajstić information content (AvgIpc) is 3.12. The molecule has 0 fully saturated rings. The predicted octanol–water partition coefficient (Wildman–Crippen LogP) is 3.41. The molecule has 1 aromatic heterocycles. The number of para-hydroxylation sites is 1. The number of nitrogens with zero attached hydrogens (tertiary/aromatic N) is 2. The molecule has 0 aliphatic rings. The zero-order chi connectivity index (χ0) is 21.7. The van der Waals surface area contributed by atoms with E-state index in [-0.39, 0.29) is 18.5 Å². The second-order valence-corrected chi connectivity index (χ2v) is 9.75. The Bertz CT molecular complexity index is 1090. The van der Waals surface area contributed by atoms with Crippen molar-refractivity contribution in [2.75, 3.05) is 19.3 Å². The number of rotatable bonds is 9. The van der Waals surface area contributed by atoms with Gasteiger partial charge in [-0.3, -0.25) is 4.79 Å². The number of carbonyl (C=O) groups is 1. The van der Waals surface area contributed by atoms with E-state index in [4.69, 9.17) is 0 Å². The number of nitrogens with one attached hydrogen (secondary N) is 1. The van der Waals surface area contributed by atoms with Crippen LogP contribution in [0.15, 0.2) is 60.8 Å². The van der Waals surface area contributed by atoms with Crippen LogP contribution in [0.1, 0.15) is 25.0 Å². The summed E-state index contributed by atoms with van der Waals surface area (Å²) < 4.78 is 25.5.